The predicted octanol–water partition coefficient (Wildman–Crippen LogP) is 2.75. The number of hydrogen-bond donors (Lipinski definition) is 3. The van der Waals surface area contributed by atoms with Gasteiger partial charge in [-0.15, -0.1) is 10.2 Å². The Hall–Kier alpha value is -2.56. The molecule has 2 atom stereocenters. The summed E-state index contributed by atoms with van der Waals surface area (Å²) in [6.07, 6.45) is 4.97. The lowest BCUT2D eigenvalue weighted by Gasteiger charge is -2.27. The summed E-state index contributed by atoms with van der Waals surface area (Å²) in [5.74, 6) is 1.46. The summed E-state index contributed by atoms with van der Waals surface area (Å²) < 4.78 is 5.75. The van der Waals surface area contributed by atoms with E-state index in [0.717, 1.165) is 23.5 Å². The second-order valence-corrected chi connectivity index (χ2v) is 9.11. The van der Waals surface area contributed by atoms with Crippen molar-refractivity contribution in [2.45, 2.75) is 68.7 Å². The van der Waals surface area contributed by atoms with Crippen molar-refractivity contribution < 1.29 is 19.1 Å². The molecule has 3 N–H and O–H groups in total. The number of rotatable bonds is 6. The maximum atomic E-state index is 12.5. The fraction of sp³-hybridized carbons (Fsp3) is 0.611. The zero-order valence-electron chi connectivity index (χ0n) is 16.7. The van der Waals surface area contributed by atoms with Crippen LogP contribution in [0.5, 0.6) is 0 Å². The summed E-state index contributed by atoms with van der Waals surface area (Å²) in [5, 5.41) is 20.3. The smallest absolute Gasteiger partial charge is 0.404 e. The minimum Gasteiger partial charge on any atom is -0.465 e. The van der Waals surface area contributed by atoms with E-state index in [4.69, 9.17) is 9.52 Å². The normalized spacial score (nSPS) is 19.7. The molecule has 2 heterocycles. The van der Waals surface area contributed by atoms with E-state index < -0.39 is 6.09 Å². The van der Waals surface area contributed by atoms with E-state index in [1.165, 1.54) is 11.8 Å². The van der Waals surface area contributed by atoms with Crippen molar-refractivity contribution in [1.82, 2.24) is 25.4 Å². The van der Waals surface area contributed by atoms with Crippen LogP contribution >= 0.6 is 11.8 Å². The maximum absolute atomic E-state index is 12.5. The van der Waals surface area contributed by atoms with Gasteiger partial charge < -0.3 is 14.8 Å². The number of nitrogens with one attached hydrogen (secondary N) is 2. The molecule has 2 amide bonds. The van der Waals surface area contributed by atoms with E-state index in [1.54, 1.807) is 12.4 Å². The van der Waals surface area contributed by atoms with Gasteiger partial charge in [0.2, 0.25) is 11.8 Å². The Morgan fingerprint density at radius 1 is 1.34 bits per heavy atom. The fourth-order valence-electron chi connectivity index (χ4n) is 3.15. The minimum absolute atomic E-state index is 0.0958. The highest BCUT2D eigenvalue weighted by atomic mass is 32.2. The quantitative estimate of drug-likeness (QED) is 0.605. The lowest BCUT2D eigenvalue weighted by molar-refractivity contribution is -0.122. The zero-order valence-corrected chi connectivity index (χ0v) is 17.5. The molecule has 2 aromatic heterocycles. The van der Waals surface area contributed by atoms with Crippen molar-refractivity contribution in [3.63, 3.8) is 0 Å². The Morgan fingerprint density at radius 2 is 2.14 bits per heavy atom. The number of hydrogen-bond acceptors (Lipinski definition) is 7. The molecule has 0 radical (unpaired) electrons. The number of carboxylic acid groups (broad SMARTS) is 1. The van der Waals surface area contributed by atoms with Crippen LogP contribution in [0.2, 0.25) is 0 Å². The van der Waals surface area contributed by atoms with Crippen LogP contribution < -0.4 is 10.7 Å². The Morgan fingerprint density at radius 3 is 2.83 bits per heavy atom. The third-order valence-electron chi connectivity index (χ3n) is 4.69. The molecule has 3 rings (SSSR count). The number of amides is 2. The van der Waals surface area contributed by atoms with Crippen LogP contribution in [0, 0.1) is 5.92 Å². The summed E-state index contributed by atoms with van der Waals surface area (Å²) in [5.41, 5.74) is 2.56. The average molecular weight is 423 g/mol. The van der Waals surface area contributed by atoms with Crippen molar-refractivity contribution in [3.8, 4) is 0 Å². The molecule has 29 heavy (non-hydrogen) atoms. The van der Waals surface area contributed by atoms with Gasteiger partial charge in [0.15, 0.2) is 0 Å². The van der Waals surface area contributed by atoms with E-state index in [2.05, 4.69) is 46.7 Å². The van der Waals surface area contributed by atoms with E-state index in [-0.39, 0.29) is 23.3 Å². The Balaban J connectivity index is 1.50. The highest BCUT2D eigenvalue weighted by Gasteiger charge is 2.28. The summed E-state index contributed by atoms with van der Waals surface area (Å²) in [4.78, 5) is 28.7. The van der Waals surface area contributed by atoms with Gasteiger partial charge in [-0.2, -0.15) is 0 Å². The number of oxazole rings is 1. The van der Waals surface area contributed by atoms with E-state index in [0.29, 0.717) is 29.5 Å². The number of aromatic nitrogens is 4. The first kappa shape index (κ1) is 21.2. The molecule has 1 fully saturated rings. The minimum atomic E-state index is -1.06. The third kappa shape index (κ3) is 5.96. The zero-order chi connectivity index (χ0) is 21.0. The topological polar surface area (TPSA) is 135 Å². The van der Waals surface area contributed by atoms with Gasteiger partial charge in [-0.1, -0.05) is 43.9 Å². The van der Waals surface area contributed by atoms with Crippen LogP contribution in [0.15, 0.2) is 21.8 Å². The van der Waals surface area contributed by atoms with Crippen LogP contribution in [0.25, 0.3) is 0 Å². The van der Waals surface area contributed by atoms with Gasteiger partial charge >= 0.3 is 6.09 Å². The van der Waals surface area contributed by atoms with Gasteiger partial charge in [0.05, 0.1) is 18.1 Å². The molecule has 1 saturated carbocycles. The highest BCUT2D eigenvalue weighted by Crippen LogP contribution is 2.26. The molecule has 11 heteroatoms. The van der Waals surface area contributed by atoms with Crippen molar-refractivity contribution in [1.29, 1.82) is 0 Å². The number of carbonyl (C=O) groups is 2. The number of nitrogens with zero attached hydrogens (tertiary/aromatic N) is 4. The first-order chi connectivity index (χ1) is 13.7. The predicted molar refractivity (Wildman–Crippen MR) is 106 cm³/mol. The summed E-state index contributed by atoms with van der Waals surface area (Å²) >= 11 is 1.41. The molecule has 0 spiro atoms. The Labute approximate surface area is 172 Å². The van der Waals surface area contributed by atoms with E-state index in [9.17, 15) is 9.59 Å². The highest BCUT2D eigenvalue weighted by molar-refractivity contribution is 7.98. The van der Waals surface area contributed by atoms with Crippen molar-refractivity contribution in [2.24, 2.45) is 5.92 Å². The lowest BCUT2D eigenvalue weighted by atomic mass is 9.85. The van der Waals surface area contributed by atoms with Gasteiger partial charge in [0.1, 0.15) is 10.8 Å². The summed E-state index contributed by atoms with van der Waals surface area (Å²) in [6, 6.07) is -0.201. The molecular weight excluding hydrogens is 396 g/mol. The second kappa shape index (κ2) is 8.85. The first-order valence-electron chi connectivity index (χ1n) is 9.51. The molecule has 0 aromatic carbocycles. The standard InChI is InChI=1S/C18H26N6O4S/c1-18(2,3)13-8-19-14(28-13)10-29-15-9-20-24(22-15)23-16(25)11-5-4-6-12(7-11)21-17(26)27/h8-9,11-12,21H,4-7,10H2,1-3H3,(H,23,25)(H,26,27). The molecule has 10 nitrogen and oxygen atoms in total. The van der Waals surface area contributed by atoms with Gasteiger partial charge in [0.25, 0.3) is 0 Å². The van der Waals surface area contributed by atoms with Gasteiger partial charge in [0, 0.05) is 17.4 Å². The lowest BCUT2D eigenvalue weighted by Crippen LogP contribution is -2.41. The maximum Gasteiger partial charge on any atom is 0.404 e. The summed E-state index contributed by atoms with van der Waals surface area (Å²) in [6.45, 7) is 6.18. The molecule has 1 aliphatic rings. The van der Waals surface area contributed by atoms with Crippen LogP contribution in [0.3, 0.4) is 0 Å². The third-order valence-corrected chi connectivity index (χ3v) is 5.56. The van der Waals surface area contributed by atoms with Crippen LogP contribution in [0.4, 0.5) is 4.79 Å². The second-order valence-electron chi connectivity index (χ2n) is 8.12. The van der Waals surface area contributed by atoms with E-state index in [1.807, 2.05) is 0 Å². The molecule has 2 unspecified atom stereocenters. The van der Waals surface area contributed by atoms with Crippen LogP contribution in [-0.2, 0) is 16.0 Å². The summed E-state index contributed by atoms with van der Waals surface area (Å²) in [7, 11) is 0. The fourth-order valence-corrected chi connectivity index (χ4v) is 3.81. The van der Waals surface area contributed by atoms with Gasteiger partial charge in [-0.05, 0) is 19.3 Å². The molecule has 158 valence electrons. The molecule has 0 saturated heterocycles. The molecule has 0 aliphatic heterocycles. The van der Waals surface area contributed by atoms with Crippen molar-refractivity contribution in [2.75, 3.05) is 5.43 Å². The molecule has 2 aromatic rings. The molecule has 0 bridgehead atoms. The van der Waals surface area contributed by atoms with Crippen molar-refractivity contribution in [3.05, 3.63) is 24.0 Å². The van der Waals surface area contributed by atoms with Crippen LogP contribution in [0.1, 0.15) is 58.1 Å². The monoisotopic (exact) mass is 422 g/mol. The SMILES string of the molecule is CC(C)(C)c1cnc(CSc2cnn(NC(=O)C3CCCC(NC(=O)O)C3)n2)o1. The average Bonchev–Trinajstić information content (AvgIpc) is 3.28. The van der Waals surface area contributed by atoms with E-state index >= 15 is 0 Å². The number of thioether (sulfide) groups is 1. The first-order valence-corrected chi connectivity index (χ1v) is 10.5. The van der Waals surface area contributed by atoms with Gasteiger partial charge in [-0.25, -0.2) is 15.2 Å². The Kier molecular flexibility index (Phi) is 6.46. The number of carbonyl (C=O) groups excluding carboxylic acids is 1. The van der Waals surface area contributed by atoms with Gasteiger partial charge in [-0.3, -0.25) is 4.79 Å². The molecular formula is C18H26N6O4S. The Bertz CT molecular complexity index is 859. The molecule has 1 aliphatic carbocycles. The largest absolute Gasteiger partial charge is 0.465 e. The van der Waals surface area contributed by atoms with Crippen LogP contribution in [-0.4, -0.2) is 43.2 Å². The van der Waals surface area contributed by atoms with Crippen molar-refractivity contribution >= 4 is 23.8 Å².